The van der Waals surface area contributed by atoms with Crippen molar-refractivity contribution in [3.05, 3.63) is 71.8 Å². The summed E-state index contributed by atoms with van der Waals surface area (Å²) < 4.78 is 4.59. The van der Waals surface area contributed by atoms with Crippen LogP contribution in [0.3, 0.4) is 0 Å². The van der Waals surface area contributed by atoms with Gasteiger partial charge in [0.15, 0.2) is 5.71 Å². The van der Waals surface area contributed by atoms with Crippen LogP contribution >= 0.6 is 0 Å². The van der Waals surface area contributed by atoms with Crippen LogP contribution in [-0.4, -0.2) is 33.7 Å². The topological polar surface area (TPSA) is 124 Å². The van der Waals surface area contributed by atoms with Gasteiger partial charge in [-0.05, 0) is 79.4 Å². The molecule has 3 aromatic carbocycles. The number of carbonyl (C=O) groups is 2. The maximum atomic E-state index is 12.9. The molecule has 3 N–H and O–H groups in total. The number of rotatable bonds is 5. The van der Waals surface area contributed by atoms with Crippen molar-refractivity contribution < 1.29 is 24.5 Å². The van der Waals surface area contributed by atoms with Crippen molar-refractivity contribution in [3.63, 3.8) is 0 Å². The third-order valence-corrected chi connectivity index (χ3v) is 5.40. The molecule has 0 unspecified atom stereocenters. The number of aryl methyl sites for hydroxylation is 2. The van der Waals surface area contributed by atoms with E-state index in [1.54, 1.807) is 31.2 Å². The monoisotopic (exact) mass is 458 g/mol. The summed E-state index contributed by atoms with van der Waals surface area (Å²) in [5.74, 6) is -0.241. The Bertz CT molecular complexity index is 1350. The second kappa shape index (κ2) is 9.07. The number of hydrazone groups is 2. The smallest absolute Gasteiger partial charge is 0.506 e. The van der Waals surface area contributed by atoms with Gasteiger partial charge >= 0.3 is 12.1 Å². The van der Waals surface area contributed by atoms with Crippen molar-refractivity contribution in [2.75, 3.05) is 10.4 Å². The van der Waals surface area contributed by atoms with E-state index in [1.807, 2.05) is 32.0 Å². The van der Waals surface area contributed by atoms with E-state index in [4.69, 9.17) is 5.11 Å². The standard InChI is InChI=1S/C25H22N4O5/c1-14-4-8-19(12-15(14)2)29-24(31)23(16(3)28-29)27-26-21-11-7-18(13-22(21)30)17-5-9-20(10-6-17)34-25(32)33/h4-13,26,30H,1-3H3,(H,32,33). The number of nitrogens with zero attached hydrogens (tertiary/aromatic N) is 3. The lowest BCUT2D eigenvalue weighted by Gasteiger charge is -2.13. The minimum atomic E-state index is -1.39. The van der Waals surface area contributed by atoms with Crippen LogP contribution in [0.2, 0.25) is 0 Å². The van der Waals surface area contributed by atoms with Crippen molar-refractivity contribution >= 4 is 34.9 Å². The Morgan fingerprint density at radius 3 is 2.32 bits per heavy atom. The molecule has 1 heterocycles. The van der Waals surface area contributed by atoms with Crippen molar-refractivity contribution in [2.45, 2.75) is 20.8 Å². The lowest BCUT2D eigenvalue weighted by molar-refractivity contribution is -0.112. The van der Waals surface area contributed by atoms with Crippen molar-refractivity contribution in [3.8, 4) is 22.6 Å². The Kier molecular flexibility index (Phi) is 6.01. The summed E-state index contributed by atoms with van der Waals surface area (Å²) in [7, 11) is 0. The average molecular weight is 458 g/mol. The fourth-order valence-corrected chi connectivity index (χ4v) is 3.40. The van der Waals surface area contributed by atoms with Crippen LogP contribution < -0.4 is 15.2 Å². The number of aromatic hydroxyl groups is 1. The van der Waals surface area contributed by atoms with Crippen LogP contribution in [0.15, 0.2) is 70.9 Å². The van der Waals surface area contributed by atoms with E-state index in [0.717, 1.165) is 16.7 Å². The number of nitrogens with one attached hydrogen (secondary N) is 1. The Hall–Kier alpha value is -4.66. The highest BCUT2D eigenvalue weighted by Crippen LogP contribution is 2.31. The summed E-state index contributed by atoms with van der Waals surface area (Å²) in [6.07, 6.45) is -1.39. The highest BCUT2D eigenvalue weighted by molar-refractivity contribution is 6.71. The number of amides is 1. The Morgan fingerprint density at radius 1 is 0.971 bits per heavy atom. The first kappa shape index (κ1) is 22.5. The van der Waals surface area contributed by atoms with Crippen molar-refractivity contribution in [2.24, 2.45) is 10.2 Å². The molecular formula is C25H22N4O5. The van der Waals surface area contributed by atoms with Gasteiger partial charge < -0.3 is 14.9 Å². The molecule has 9 heteroatoms. The molecule has 0 spiro atoms. The molecule has 0 aromatic heterocycles. The maximum Gasteiger partial charge on any atom is 0.511 e. The quantitative estimate of drug-likeness (QED) is 0.216. The molecule has 1 aliphatic heterocycles. The summed E-state index contributed by atoms with van der Waals surface area (Å²) in [5, 5.41) is 29.0. The van der Waals surface area contributed by atoms with E-state index in [1.165, 1.54) is 23.2 Å². The predicted octanol–water partition coefficient (Wildman–Crippen LogP) is 4.92. The summed E-state index contributed by atoms with van der Waals surface area (Å²) in [5.41, 5.74) is 7.94. The zero-order valence-corrected chi connectivity index (χ0v) is 18.7. The zero-order valence-electron chi connectivity index (χ0n) is 18.7. The Balaban J connectivity index is 1.50. The molecule has 0 fully saturated rings. The van der Waals surface area contributed by atoms with Gasteiger partial charge in [-0.1, -0.05) is 24.3 Å². The number of hydrogen-bond donors (Lipinski definition) is 3. The third kappa shape index (κ3) is 4.58. The number of phenolic OH excluding ortho intramolecular Hbond substituents is 1. The number of carboxylic acid groups (broad SMARTS) is 1. The van der Waals surface area contributed by atoms with Gasteiger partial charge in [-0.2, -0.15) is 15.2 Å². The highest BCUT2D eigenvalue weighted by Gasteiger charge is 2.31. The molecule has 4 rings (SSSR count). The summed E-state index contributed by atoms with van der Waals surface area (Å²) >= 11 is 0. The average Bonchev–Trinajstić information content (AvgIpc) is 3.08. The van der Waals surface area contributed by atoms with E-state index in [0.29, 0.717) is 22.6 Å². The number of carbonyl (C=O) groups excluding carboxylic acids is 1. The minimum Gasteiger partial charge on any atom is -0.506 e. The Morgan fingerprint density at radius 2 is 1.68 bits per heavy atom. The number of anilines is 2. The first-order valence-corrected chi connectivity index (χ1v) is 10.4. The molecule has 1 aliphatic rings. The molecule has 172 valence electrons. The van der Waals surface area contributed by atoms with Gasteiger partial charge in [-0.3, -0.25) is 10.2 Å². The second-order valence-electron chi connectivity index (χ2n) is 7.77. The molecule has 0 aliphatic carbocycles. The number of hydrogen-bond acceptors (Lipinski definition) is 7. The SMILES string of the molecule is CC1=NN(c2ccc(C)c(C)c2)C(=O)C1=NNc1ccc(-c2ccc(OC(=O)O)cc2)cc1O. The third-order valence-electron chi connectivity index (χ3n) is 5.40. The van der Waals surface area contributed by atoms with Gasteiger partial charge in [0.25, 0.3) is 0 Å². The molecule has 0 saturated carbocycles. The number of benzene rings is 3. The lowest BCUT2D eigenvalue weighted by Crippen LogP contribution is -2.28. The normalized spacial score (nSPS) is 14.3. The van der Waals surface area contributed by atoms with E-state index < -0.39 is 6.16 Å². The fourth-order valence-electron chi connectivity index (χ4n) is 3.40. The molecule has 0 bridgehead atoms. The second-order valence-corrected chi connectivity index (χ2v) is 7.77. The van der Waals surface area contributed by atoms with Gasteiger partial charge in [0.2, 0.25) is 0 Å². The van der Waals surface area contributed by atoms with Crippen LogP contribution in [-0.2, 0) is 4.79 Å². The van der Waals surface area contributed by atoms with Crippen molar-refractivity contribution in [1.29, 1.82) is 0 Å². The van der Waals surface area contributed by atoms with Crippen LogP contribution in [0.5, 0.6) is 11.5 Å². The van der Waals surface area contributed by atoms with E-state index in [-0.39, 0.29) is 23.1 Å². The van der Waals surface area contributed by atoms with Gasteiger partial charge in [-0.25, -0.2) is 4.79 Å². The summed E-state index contributed by atoms with van der Waals surface area (Å²) in [6.45, 7) is 5.66. The van der Waals surface area contributed by atoms with Crippen LogP contribution in [0, 0.1) is 13.8 Å². The lowest BCUT2D eigenvalue weighted by atomic mass is 10.0. The first-order chi connectivity index (χ1) is 16.2. The van der Waals surface area contributed by atoms with E-state index in [9.17, 15) is 14.7 Å². The zero-order chi connectivity index (χ0) is 24.4. The molecule has 0 saturated heterocycles. The Labute approximate surface area is 195 Å². The minimum absolute atomic E-state index is 0.0706. The molecular weight excluding hydrogens is 436 g/mol. The molecule has 0 radical (unpaired) electrons. The fraction of sp³-hybridized carbons (Fsp3) is 0.120. The molecule has 9 nitrogen and oxygen atoms in total. The molecule has 0 atom stereocenters. The number of phenols is 1. The largest absolute Gasteiger partial charge is 0.511 e. The maximum absolute atomic E-state index is 12.9. The van der Waals surface area contributed by atoms with Crippen LogP contribution in [0.4, 0.5) is 16.2 Å². The number of ether oxygens (including phenoxy) is 1. The van der Waals surface area contributed by atoms with Crippen LogP contribution in [0.25, 0.3) is 11.1 Å². The summed E-state index contributed by atoms with van der Waals surface area (Å²) in [4.78, 5) is 23.5. The predicted molar refractivity (Wildman–Crippen MR) is 130 cm³/mol. The molecule has 3 aromatic rings. The van der Waals surface area contributed by atoms with Crippen molar-refractivity contribution in [1.82, 2.24) is 0 Å². The molecule has 1 amide bonds. The van der Waals surface area contributed by atoms with E-state index in [2.05, 4.69) is 20.4 Å². The van der Waals surface area contributed by atoms with Gasteiger partial charge in [0.1, 0.15) is 11.5 Å². The van der Waals surface area contributed by atoms with E-state index >= 15 is 0 Å². The molecule has 34 heavy (non-hydrogen) atoms. The summed E-state index contributed by atoms with van der Waals surface area (Å²) in [6, 6.07) is 17.0. The van der Waals surface area contributed by atoms with Crippen LogP contribution in [0.1, 0.15) is 18.1 Å². The first-order valence-electron chi connectivity index (χ1n) is 10.4. The van der Waals surface area contributed by atoms with Gasteiger partial charge in [0.05, 0.1) is 17.1 Å². The van der Waals surface area contributed by atoms with Gasteiger partial charge in [0, 0.05) is 0 Å². The van der Waals surface area contributed by atoms with Gasteiger partial charge in [-0.15, -0.1) is 0 Å². The highest BCUT2D eigenvalue weighted by atomic mass is 16.7.